The fourth-order valence-electron chi connectivity index (χ4n) is 2.34. The Morgan fingerprint density at radius 1 is 0.789 bits per heavy atom. The van der Waals surface area contributed by atoms with Crippen molar-refractivity contribution >= 4 is 10.8 Å². The number of hydrogen-bond donors (Lipinski definition) is 2. The van der Waals surface area contributed by atoms with Crippen molar-refractivity contribution in [2.24, 2.45) is 0 Å². The van der Waals surface area contributed by atoms with Gasteiger partial charge in [-0.3, -0.25) is 0 Å². The van der Waals surface area contributed by atoms with Crippen LogP contribution in [0.15, 0.2) is 66.7 Å². The van der Waals surface area contributed by atoms with Gasteiger partial charge in [0, 0.05) is 0 Å². The first-order chi connectivity index (χ1) is 9.25. The maximum Gasteiger partial charge on any atom is 0.116 e. The van der Waals surface area contributed by atoms with Crippen LogP contribution in [0.5, 0.6) is 5.75 Å². The monoisotopic (exact) mass is 250 g/mol. The van der Waals surface area contributed by atoms with E-state index in [0.29, 0.717) is 0 Å². The second kappa shape index (κ2) is 4.75. The molecule has 0 aromatic heterocycles. The van der Waals surface area contributed by atoms with Crippen LogP contribution in [0.25, 0.3) is 10.8 Å². The topological polar surface area (TPSA) is 40.5 Å². The number of hydrogen-bond acceptors (Lipinski definition) is 2. The van der Waals surface area contributed by atoms with Gasteiger partial charge in [-0.25, -0.2) is 0 Å². The van der Waals surface area contributed by atoms with E-state index in [1.807, 2.05) is 54.6 Å². The first-order valence-corrected chi connectivity index (χ1v) is 6.20. The van der Waals surface area contributed by atoms with Gasteiger partial charge in [-0.2, -0.15) is 0 Å². The molecule has 2 nitrogen and oxygen atoms in total. The Morgan fingerprint density at radius 3 is 2.37 bits per heavy atom. The minimum absolute atomic E-state index is 0.209. The summed E-state index contributed by atoms with van der Waals surface area (Å²) in [5.41, 5.74) is 1.65. The van der Waals surface area contributed by atoms with Gasteiger partial charge in [0.1, 0.15) is 11.9 Å². The number of phenols is 1. The average Bonchev–Trinajstić information content (AvgIpc) is 2.47. The molecular formula is C17H14O2. The van der Waals surface area contributed by atoms with Crippen LogP contribution >= 0.6 is 0 Å². The molecule has 0 radical (unpaired) electrons. The zero-order chi connectivity index (χ0) is 13.2. The molecule has 0 spiro atoms. The van der Waals surface area contributed by atoms with Gasteiger partial charge < -0.3 is 10.2 Å². The van der Waals surface area contributed by atoms with Gasteiger partial charge in [0.2, 0.25) is 0 Å². The number of benzene rings is 3. The highest BCUT2D eigenvalue weighted by Crippen LogP contribution is 2.30. The van der Waals surface area contributed by atoms with E-state index in [4.69, 9.17) is 0 Å². The van der Waals surface area contributed by atoms with Gasteiger partial charge in [0.05, 0.1) is 0 Å². The Balaban J connectivity index is 2.17. The molecule has 2 heteroatoms. The second-order valence-electron chi connectivity index (χ2n) is 4.57. The third-order valence-corrected chi connectivity index (χ3v) is 3.31. The van der Waals surface area contributed by atoms with E-state index in [9.17, 15) is 10.2 Å². The minimum Gasteiger partial charge on any atom is -0.508 e. The van der Waals surface area contributed by atoms with Crippen molar-refractivity contribution in [3.63, 3.8) is 0 Å². The van der Waals surface area contributed by atoms with E-state index < -0.39 is 6.10 Å². The van der Waals surface area contributed by atoms with Crippen LogP contribution in [0.2, 0.25) is 0 Å². The molecule has 0 saturated heterocycles. The highest BCUT2D eigenvalue weighted by Gasteiger charge is 2.13. The minimum atomic E-state index is -0.688. The largest absolute Gasteiger partial charge is 0.508 e. The maximum absolute atomic E-state index is 10.5. The molecule has 0 aliphatic carbocycles. The lowest BCUT2D eigenvalue weighted by molar-refractivity contribution is 0.222. The first-order valence-electron chi connectivity index (χ1n) is 6.20. The summed E-state index contributed by atoms with van der Waals surface area (Å²) < 4.78 is 0. The molecule has 0 aliphatic rings. The Labute approximate surface area is 111 Å². The molecule has 3 aromatic rings. The SMILES string of the molecule is Oc1ccc2cccc(C(O)c3ccccc3)c2c1. The first kappa shape index (κ1) is 11.8. The summed E-state index contributed by atoms with van der Waals surface area (Å²) in [5, 5.41) is 22.0. The predicted octanol–water partition coefficient (Wildman–Crippen LogP) is 3.63. The van der Waals surface area contributed by atoms with Crippen LogP contribution in [-0.2, 0) is 0 Å². The zero-order valence-corrected chi connectivity index (χ0v) is 10.3. The van der Waals surface area contributed by atoms with Crippen molar-refractivity contribution in [2.45, 2.75) is 6.10 Å². The summed E-state index contributed by atoms with van der Waals surface area (Å²) in [4.78, 5) is 0. The molecule has 0 saturated carbocycles. The number of aromatic hydroxyl groups is 1. The third kappa shape index (κ3) is 2.18. The molecule has 0 heterocycles. The maximum atomic E-state index is 10.5. The van der Waals surface area contributed by atoms with Gasteiger partial charge in [0.15, 0.2) is 0 Å². The molecule has 1 atom stereocenters. The number of rotatable bonds is 2. The van der Waals surface area contributed by atoms with Gasteiger partial charge in [-0.15, -0.1) is 0 Å². The van der Waals surface area contributed by atoms with E-state index in [0.717, 1.165) is 21.9 Å². The number of fused-ring (bicyclic) bond motifs is 1. The summed E-state index contributed by atoms with van der Waals surface area (Å²) in [7, 11) is 0. The lowest BCUT2D eigenvalue weighted by atomic mass is 9.96. The Morgan fingerprint density at radius 2 is 1.58 bits per heavy atom. The van der Waals surface area contributed by atoms with Crippen LogP contribution in [0.4, 0.5) is 0 Å². The van der Waals surface area contributed by atoms with E-state index in [-0.39, 0.29) is 5.75 Å². The summed E-state index contributed by atoms with van der Waals surface area (Å²) in [5.74, 6) is 0.209. The summed E-state index contributed by atoms with van der Waals surface area (Å²) >= 11 is 0. The standard InChI is InChI=1S/C17H14O2/c18-14-10-9-12-7-4-8-15(16(12)11-14)17(19)13-5-2-1-3-6-13/h1-11,17-19H. The Kier molecular flexibility index (Phi) is 2.94. The molecule has 94 valence electrons. The molecule has 0 amide bonds. The van der Waals surface area contributed by atoms with Crippen molar-refractivity contribution in [3.05, 3.63) is 77.9 Å². The van der Waals surface area contributed by atoms with E-state index in [1.54, 1.807) is 12.1 Å². The van der Waals surface area contributed by atoms with Crippen LogP contribution < -0.4 is 0 Å². The zero-order valence-electron chi connectivity index (χ0n) is 10.3. The van der Waals surface area contributed by atoms with Gasteiger partial charge >= 0.3 is 0 Å². The Bertz CT molecular complexity index is 705. The van der Waals surface area contributed by atoms with Gasteiger partial charge in [0.25, 0.3) is 0 Å². The van der Waals surface area contributed by atoms with Crippen LogP contribution in [0.1, 0.15) is 17.2 Å². The van der Waals surface area contributed by atoms with Crippen molar-refractivity contribution < 1.29 is 10.2 Å². The van der Waals surface area contributed by atoms with Gasteiger partial charge in [-0.1, -0.05) is 54.6 Å². The molecule has 0 aliphatic heterocycles. The van der Waals surface area contributed by atoms with E-state index in [1.165, 1.54) is 0 Å². The van der Waals surface area contributed by atoms with Crippen molar-refractivity contribution in [2.75, 3.05) is 0 Å². The van der Waals surface area contributed by atoms with Crippen molar-refractivity contribution in [1.82, 2.24) is 0 Å². The molecular weight excluding hydrogens is 236 g/mol. The lowest BCUT2D eigenvalue weighted by Gasteiger charge is -2.14. The molecule has 0 bridgehead atoms. The molecule has 19 heavy (non-hydrogen) atoms. The predicted molar refractivity (Wildman–Crippen MR) is 76.1 cm³/mol. The summed E-state index contributed by atoms with van der Waals surface area (Å²) in [6, 6.07) is 20.5. The fourth-order valence-corrected chi connectivity index (χ4v) is 2.34. The van der Waals surface area contributed by atoms with Crippen LogP contribution in [0, 0.1) is 0 Å². The van der Waals surface area contributed by atoms with E-state index >= 15 is 0 Å². The highest BCUT2D eigenvalue weighted by atomic mass is 16.3. The highest BCUT2D eigenvalue weighted by molar-refractivity contribution is 5.87. The molecule has 0 fully saturated rings. The average molecular weight is 250 g/mol. The van der Waals surface area contributed by atoms with Crippen LogP contribution in [0.3, 0.4) is 0 Å². The smallest absolute Gasteiger partial charge is 0.116 e. The lowest BCUT2D eigenvalue weighted by Crippen LogP contribution is -2.00. The molecule has 1 unspecified atom stereocenters. The Hall–Kier alpha value is -2.32. The van der Waals surface area contributed by atoms with E-state index in [2.05, 4.69) is 0 Å². The second-order valence-corrected chi connectivity index (χ2v) is 4.57. The normalized spacial score (nSPS) is 12.5. The number of aliphatic hydroxyl groups is 1. The summed E-state index contributed by atoms with van der Waals surface area (Å²) in [6.07, 6.45) is -0.688. The quantitative estimate of drug-likeness (QED) is 0.729. The number of phenolic OH excluding ortho intramolecular Hbond substituents is 1. The van der Waals surface area contributed by atoms with Crippen molar-refractivity contribution in [1.29, 1.82) is 0 Å². The molecule has 3 rings (SSSR count). The molecule has 2 N–H and O–H groups in total. The summed E-state index contributed by atoms with van der Waals surface area (Å²) in [6.45, 7) is 0. The van der Waals surface area contributed by atoms with Crippen LogP contribution in [-0.4, -0.2) is 10.2 Å². The third-order valence-electron chi connectivity index (χ3n) is 3.31. The van der Waals surface area contributed by atoms with Gasteiger partial charge in [-0.05, 0) is 34.0 Å². The molecule has 3 aromatic carbocycles. The fraction of sp³-hybridized carbons (Fsp3) is 0.0588. The van der Waals surface area contributed by atoms with Crippen molar-refractivity contribution in [3.8, 4) is 5.75 Å². The number of aliphatic hydroxyl groups excluding tert-OH is 1.